The van der Waals surface area contributed by atoms with Crippen LogP contribution in [-0.2, 0) is 4.79 Å². The van der Waals surface area contributed by atoms with E-state index < -0.39 is 0 Å². The first-order chi connectivity index (χ1) is 8.36. The molecule has 0 saturated heterocycles. The first-order valence-electron chi connectivity index (χ1n) is 5.27. The number of aryl methyl sites for hydroxylation is 1. The minimum Gasteiger partial charge on any atom is -0.350 e. The van der Waals surface area contributed by atoms with Gasteiger partial charge in [-0.2, -0.15) is 0 Å². The monoisotopic (exact) mass is 270 g/mol. The summed E-state index contributed by atoms with van der Waals surface area (Å²) in [4.78, 5) is 33.7. The number of rotatable bonds is 4. The maximum atomic E-state index is 11.6. The number of hydrogen-bond donors (Lipinski definition) is 0. The molecule has 0 aliphatic rings. The molecule has 7 heteroatoms. The Morgan fingerprint density at radius 2 is 1.94 bits per heavy atom. The van der Waals surface area contributed by atoms with Crippen molar-refractivity contribution in [1.29, 1.82) is 0 Å². The van der Waals surface area contributed by atoms with Gasteiger partial charge in [0.2, 0.25) is 5.91 Å². The normalized spacial score (nSPS) is 10.1. The molecule has 0 saturated carbocycles. The third kappa shape index (κ3) is 3.16. The zero-order chi connectivity index (χ0) is 13.9. The van der Waals surface area contributed by atoms with E-state index in [2.05, 4.69) is 9.97 Å². The number of likely N-dealkylation sites (N-methyl/N-ethyl adjacent to an activating group) is 2. The number of amides is 1. The molecule has 98 valence electrons. The van der Waals surface area contributed by atoms with Crippen molar-refractivity contribution in [3.8, 4) is 0 Å². The second kappa shape index (κ2) is 5.77. The number of carbonyl (C=O) groups excluding carboxylic acids is 2. The maximum absolute atomic E-state index is 11.6. The number of hydrogen-bond acceptors (Lipinski definition) is 5. The van der Waals surface area contributed by atoms with Crippen molar-refractivity contribution in [1.82, 2.24) is 14.9 Å². The number of nitrogens with zero attached hydrogens (tertiary/aromatic N) is 4. The van der Waals surface area contributed by atoms with Gasteiger partial charge in [0.1, 0.15) is 16.8 Å². The van der Waals surface area contributed by atoms with E-state index in [1.54, 1.807) is 33.0 Å². The smallest absolute Gasteiger partial charge is 0.241 e. The van der Waals surface area contributed by atoms with Gasteiger partial charge in [-0.05, 0) is 6.92 Å². The van der Waals surface area contributed by atoms with Crippen LogP contribution in [0.4, 0.5) is 5.82 Å². The van der Waals surface area contributed by atoms with Crippen LogP contribution in [0.15, 0.2) is 0 Å². The van der Waals surface area contributed by atoms with Gasteiger partial charge in [0, 0.05) is 21.1 Å². The molecule has 1 aromatic heterocycles. The van der Waals surface area contributed by atoms with Crippen molar-refractivity contribution in [3.63, 3.8) is 0 Å². The predicted octanol–water partition coefficient (Wildman–Crippen LogP) is 0.775. The zero-order valence-electron chi connectivity index (χ0n) is 10.8. The summed E-state index contributed by atoms with van der Waals surface area (Å²) in [5, 5.41) is 0.0941. The van der Waals surface area contributed by atoms with Crippen molar-refractivity contribution in [2.24, 2.45) is 0 Å². The van der Waals surface area contributed by atoms with E-state index in [0.29, 0.717) is 17.9 Å². The van der Waals surface area contributed by atoms with Crippen molar-refractivity contribution in [3.05, 3.63) is 16.5 Å². The standard InChI is InChI=1S/C11H15ClN4O2/c1-7-13-10(12)8(6-17)11(14-7)16(4)5-9(18)15(2)3/h6H,5H2,1-4H3. The summed E-state index contributed by atoms with van der Waals surface area (Å²) in [5.74, 6) is 0.712. The van der Waals surface area contributed by atoms with Crippen LogP contribution in [0.3, 0.4) is 0 Å². The minimum absolute atomic E-state index is 0.0941. The van der Waals surface area contributed by atoms with Gasteiger partial charge in [-0.1, -0.05) is 11.6 Å². The molecule has 0 atom stereocenters. The van der Waals surface area contributed by atoms with E-state index in [1.807, 2.05) is 0 Å². The topological polar surface area (TPSA) is 66.4 Å². The Hall–Kier alpha value is -1.69. The molecule has 0 bridgehead atoms. The summed E-state index contributed by atoms with van der Waals surface area (Å²) in [6.07, 6.45) is 0.591. The lowest BCUT2D eigenvalue weighted by atomic mass is 10.3. The van der Waals surface area contributed by atoms with Gasteiger partial charge in [-0.25, -0.2) is 9.97 Å². The van der Waals surface area contributed by atoms with E-state index in [1.165, 1.54) is 4.90 Å². The number of aldehydes is 1. The van der Waals surface area contributed by atoms with E-state index in [4.69, 9.17) is 11.6 Å². The van der Waals surface area contributed by atoms with Crippen LogP contribution < -0.4 is 4.90 Å². The average molecular weight is 271 g/mol. The van der Waals surface area contributed by atoms with Crippen LogP contribution in [-0.4, -0.2) is 54.7 Å². The number of aromatic nitrogens is 2. The van der Waals surface area contributed by atoms with Gasteiger partial charge >= 0.3 is 0 Å². The van der Waals surface area contributed by atoms with Crippen molar-refractivity contribution in [2.45, 2.75) is 6.92 Å². The maximum Gasteiger partial charge on any atom is 0.241 e. The number of halogens is 1. The lowest BCUT2D eigenvalue weighted by molar-refractivity contribution is -0.127. The molecule has 6 nitrogen and oxygen atoms in total. The second-order valence-corrected chi connectivity index (χ2v) is 4.42. The van der Waals surface area contributed by atoms with Crippen molar-refractivity contribution < 1.29 is 9.59 Å². The summed E-state index contributed by atoms with van der Waals surface area (Å²) < 4.78 is 0. The fourth-order valence-electron chi connectivity index (χ4n) is 1.34. The molecule has 1 amide bonds. The summed E-state index contributed by atoms with van der Waals surface area (Å²) >= 11 is 5.87. The van der Waals surface area contributed by atoms with Crippen LogP contribution in [0.2, 0.25) is 5.15 Å². The highest BCUT2D eigenvalue weighted by Crippen LogP contribution is 2.21. The molecule has 18 heavy (non-hydrogen) atoms. The molecular weight excluding hydrogens is 256 g/mol. The van der Waals surface area contributed by atoms with Gasteiger partial charge in [-0.3, -0.25) is 9.59 Å². The lowest BCUT2D eigenvalue weighted by Crippen LogP contribution is -2.35. The Bertz CT molecular complexity index is 476. The summed E-state index contributed by atoms with van der Waals surface area (Å²) in [6, 6.07) is 0. The second-order valence-electron chi connectivity index (χ2n) is 4.06. The van der Waals surface area contributed by atoms with Crippen LogP contribution >= 0.6 is 11.6 Å². The molecular formula is C11H15ClN4O2. The third-order valence-electron chi connectivity index (χ3n) is 2.34. The molecule has 0 aliphatic carbocycles. The van der Waals surface area contributed by atoms with E-state index >= 15 is 0 Å². The Balaban J connectivity index is 3.08. The van der Waals surface area contributed by atoms with Gasteiger partial charge in [-0.15, -0.1) is 0 Å². The number of carbonyl (C=O) groups is 2. The summed E-state index contributed by atoms with van der Waals surface area (Å²) in [5.41, 5.74) is 0.191. The Morgan fingerprint density at radius 3 is 2.44 bits per heavy atom. The van der Waals surface area contributed by atoms with Crippen LogP contribution in [0.5, 0.6) is 0 Å². The molecule has 0 spiro atoms. The molecule has 0 aromatic carbocycles. The van der Waals surface area contributed by atoms with Crippen molar-refractivity contribution in [2.75, 3.05) is 32.6 Å². The molecule has 0 radical (unpaired) electrons. The highest BCUT2D eigenvalue weighted by Gasteiger charge is 2.17. The zero-order valence-corrected chi connectivity index (χ0v) is 11.5. The van der Waals surface area contributed by atoms with E-state index in [-0.39, 0.29) is 23.2 Å². The molecule has 0 aliphatic heterocycles. The van der Waals surface area contributed by atoms with Gasteiger partial charge in [0.25, 0.3) is 0 Å². The highest BCUT2D eigenvalue weighted by molar-refractivity contribution is 6.32. The van der Waals surface area contributed by atoms with Gasteiger partial charge in [0.05, 0.1) is 12.1 Å². The molecule has 1 heterocycles. The SMILES string of the molecule is Cc1nc(Cl)c(C=O)c(N(C)CC(=O)N(C)C)n1. The summed E-state index contributed by atoms with van der Waals surface area (Å²) in [6.45, 7) is 1.78. The fraction of sp³-hybridized carbons (Fsp3) is 0.455. The van der Waals surface area contributed by atoms with E-state index in [0.717, 1.165) is 0 Å². The lowest BCUT2D eigenvalue weighted by Gasteiger charge is -2.21. The molecule has 1 aromatic rings. The quantitative estimate of drug-likeness (QED) is 0.597. The predicted molar refractivity (Wildman–Crippen MR) is 69.1 cm³/mol. The molecule has 0 unspecified atom stereocenters. The molecule has 0 N–H and O–H groups in total. The van der Waals surface area contributed by atoms with Gasteiger partial charge < -0.3 is 9.80 Å². The Morgan fingerprint density at radius 1 is 1.33 bits per heavy atom. The molecule has 1 rings (SSSR count). The summed E-state index contributed by atoms with van der Waals surface area (Å²) in [7, 11) is 5.00. The Labute approximate surface area is 111 Å². The minimum atomic E-state index is -0.0956. The molecule has 0 fully saturated rings. The van der Waals surface area contributed by atoms with Crippen LogP contribution in [0, 0.1) is 6.92 Å². The average Bonchev–Trinajstić information content (AvgIpc) is 2.27. The highest BCUT2D eigenvalue weighted by atomic mass is 35.5. The Kier molecular flexibility index (Phi) is 4.61. The van der Waals surface area contributed by atoms with Crippen LogP contribution in [0.25, 0.3) is 0 Å². The first-order valence-corrected chi connectivity index (χ1v) is 5.65. The number of anilines is 1. The first kappa shape index (κ1) is 14.4. The fourth-order valence-corrected chi connectivity index (χ4v) is 1.60. The van der Waals surface area contributed by atoms with Crippen molar-refractivity contribution >= 4 is 29.6 Å². The third-order valence-corrected chi connectivity index (χ3v) is 2.63. The van der Waals surface area contributed by atoms with Crippen LogP contribution in [0.1, 0.15) is 16.2 Å². The largest absolute Gasteiger partial charge is 0.350 e. The van der Waals surface area contributed by atoms with Gasteiger partial charge in [0.15, 0.2) is 6.29 Å². The van der Waals surface area contributed by atoms with E-state index in [9.17, 15) is 9.59 Å².